The van der Waals surface area contributed by atoms with Crippen LogP contribution in [0.1, 0.15) is 78.1 Å². The topological polar surface area (TPSA) is 91.9 Å². The molecule has 2 aromatic carbocycles. The molecule has 0 bridgehead atoms. The number of nitrogens with zero attached hydrogens (tertiary/aromatic N) is 3. The van der Waals surface area contributed by atoms with Gasteiger partial charge in [0.15, 0.2) is 4.80 Å². The van der Waals surface area contributed by atoms with E-state index in [1.54, 1.807) is 30.5 Å². The summed E-state index contributed by atoms with van der Waals surface area (Å²) in [7, 11) is 1.36. The number of carbonyl (C=O) groups is 2. The summed E-state index contributed by atoms with van der Waals surface area (Å²) in [5.74, 6) is -0.537. The number of thiazole rings is 1. The highest BCUT2D eigenvalue weighted by Gasteiger charge is 2.33. The van der Waals surface area contributed by atoms with Crippen LogP contribution in [0.5, 0.6) is 0 Å². The molecule has 1 atom stereocenters. The molecule has 0 aliphatic carbocycles. The van der Waals surface area contributed by atoms with E-state index in [0.29, 0.717) is 32.1 Å². The van der Waals surface area contributed by atoms with Crippen molar-refractivity contribution in [3.8, 4) is 5.69 Å². The first kappa shape index (κ1) is 30.0. The molecule has 0 fully saturated rings. The zero-order valence-electron chi connectivity index (χ0n) is 25.4. The maximum Gasteiger partial charge on any atom is 0.338 e. The van der Waals surface area contributed by atoms with Crippen molar-refractivity contribution in [3.63, 3.8) is 0 Å². The highest BCUT2D eigenvalue weighted by molar-refractivity contribution is 7.07. The molecule has 0 unspecified atom stereocenters. The first-order valence-electron chi connectivity index (χ1n) is 14.2. The van der Waals surface area contributed by atoms with Gasteiger partial charge in [-0.25, -0.2) is 14.6 Å². The second kappa shape index (κ2) is 12.0. The first-order chi connectivity index (χ1) is 20.5. The molecule has 8 nitrogen and oxygen atoms in total. The third-order valence-electron chi connectivity index (χ3n) is 7.72. The molecule has 0 amide bonds. The third kappa shape index (κ3) is 5.52. The van der Waals surface area contributed by atoms with Crippen molar-refractivity contribution in [2.24, 2.45) is 4.99 Å². The van der Waals surface area contributed by atoms with Crippen LogP contribution in [-0.4, -0.2) is 34.8 Å². The molecular weight excluding hydrogens is 562 g/mol. The molecule has 0 saturated carbocycles. The van der Waals surface area contributed by atoms with Gasteiger partial charge in [0.05, 0.1) is 41.1 Å². The summed E-state index contributed by atoms with van der Waals surface area (Å²) in [6.07, 6.45) is 1.87. The second-order valence-corrected chi connectivity index (χ2v) is 11.8. The van der Waals surface area contributed by atoms with Gasteiger partial charge in [0.1, 0.15) is 0 Å². The maximum atomic E-state index is 14.1. The zero-order valence-corrected chi connectivity index (χ0v) is 26.2. The largest absolute Gasteiger partial charge is 0.465 e. The lowest BCUT2D eigenvalue weighted by Crippen LogP contribution is -2.39. The highest BCUT2D eigenvalue weighted by Crippen LogP contribution is 2.31. The number of fused-ring (bicyclic) bond motifs is 1. The standard InChI is InChI=1S/C34H35N3O5S/c1-8-42-33(40)29-21(5)35-34-37(30(29)24-14-12-23(13-15-24)19(2)3)31(38)28(43-34)18-26-16-20(4)36(22(26)6)27-11-9-10-25(17-27)32(39)41-7/h9-19,30H,8H2,1-7H3/b28-18+/t30-/m1/s1. The van der Waals surface area contributed by atoms with Crippen LogP contribution in [0.2, 0.25) is 0 Å². The number of allylic oxidation sites excluding steroid dienone is 1. The molecule has 1 aliphatic rings. The van der Waals surface area contributed by atoms with Gasteiger partial charge in [-0.05, 0) is 80.6 Å². The van der Waals surface area contributed by atoms with E-state index in [-0.39, 0.29) is 12.2 Å². The SMILES string of the molecule is CCOC(=O)C1=C(C)N=c2s/c(=C/c3cc(C)n(-c4cccc(C(=O)OC)c4)c3C)c(=O)n2[C@@H]1c1ccc(C(C)C)cc1. The number of aryl methyl sites for hydroxylation is 1. The summed E-state index contributed by atoms with van der Waals surface area (Å²) in [4.78, 5) is 44.6. The summed E-state index contributed by atoms with van der Waals surface area (Å²) in [6.45, 7) is 12.0. The van der Waals surface area contributed by atoms with Crippen LogP contribution >= 0.6 is 11.3 Å². The van der Waals surface area contributed by atoms with E-state index in [2.05, 4.69) is 13.8 Å². The Labute approximate surface area is 254 Å². The molecule has 2 aromatic heterocycles. The molecule has 43 heavy (non-hydrogen) atoms. The van der Waals surface area contributed by atoms with Crippen LogP contribution in [0, 0.1) is 13.8 Å². The predicted octanol–water partition coefficient (Wildman–Crippen LogP) is 5.12. The van der Waals surface area contributed by atoms with Crippen LogP contribution in [0.25, 0.3) is 11.8 Å². The molecule has 5 rings (SSSR count). The van der Waals surface area contributed by atoms with E-state index >= 15 is 0 Å². The molecule has 4 aromatic rings. The fourth-order valence-electron chi connectivity index (χ4n) is 5.53. The van der Waals surface area contributed by atoms with Crippen LogP contribution in [0.15, 0.2) is 75.7 Å². The molecule has 0 spiro atoms. The normalized spacial score (nSPS) is 15.0. The molecule has 222 valence electrons. The Kier molecular flexibility index (Phi) is 8.37. The number of rotatable bonds is 7. The van der Waals surface area contributed by atoms with Crippen LogP contribution < -0.4 is 14.9 Å². The van der Waals surface area contributed by atoms with Gasteiger partial charge in [0.2, 0.25) is 0 Å². The Balaban J connectivity index is 1.66. The van der Waals surface area contributed by atoms with Crippen molar-refractivity contribution in [3.05, 3.63) is 119 Å². The predicted molar refractivity (Wildman–Crippen MR) is 168 cm³/mol. The van der Waals surface area contributed by atoms with E-state index in [9.17, 15) is 14.4 Å². The van der Waals surface area contributed by atoms with Gasteiger partial charge in [-0.3, -0.25) is 9.36 Å². The average molecular weight is 598 g/mol. The Morgan fingerprint density at radius 2 is 1.77 bits per heavy atom. The molecule has 9 heteroatoms. The Morgan fingerprint density at radius 1 is 1.05 bits per heavy atom. The van der Waals surface area contributed by atoms with E-state index in [0.717, 1.165) is 28.2 Å². The highest BCUT2D eigenvalue weighted by atomic mass is 32.1. The quantitative estimate of drug-likeness (QED) is 0.276. The first-order valence-corrected chi connectivity index (χ1v) is 15.0. The van der Waals surface area contributed by atoms with E-state index in [4.69, 9.17) is 14.5 Å². The average Bonchev–Trinajstić information content (AvgIpc) is 3.45. The minimum absolute atomic E-state index is 0.219. The molecule has 3 heterocycles. The third-order valence-corrected chi connectivity index (χ3v) is 8.70. The van der Waals surface area contributed by atoms with Gasteiger partial charge in [-0.1, -0.05) is 55.5 Å². The number of aromatic nitrogens is 2. The van der Waals surface area contributed by atoms with Crippen molar-refractivity contribution >= 4 is 29.4 Å². The lowest BCUT2D eigenvalue weighted by molar-refractivity contribution is -0.139. The van der Waals surface area contributed by atoms with Gasteiger partial charge >= 0.3 is 11.9 Å². The zero-order chi connectivity index (χ0) is 31.0. The second-order valence-electron chi connectivity index (χ2n) is 10.8. The van der Waals surface area contributed by atoms with E-state index < -0.39 is 18.0 Å². The van der Waals surface area contributed by atoms with E-state index in [1.165, 1.54) is 24.0 Å². The van der Waals surface area contributed by atoms with Gasteiger partial charge in [0, 0.05) is 17.1 Å². The Morgan fingerprint density at radius 3 is 2.42 bits per heavy atom. The summed E-state index contributed by atoms with van der Waals surface area (Å²) < 4.78 is 14.5. The van der Waals surface area contributed by atoms with Crippen molar-refractivity contribution in [1.29, 1.82) is 0 Å². The molecule has 0 N–H and O–H groups in total. The number of hydrogen-bond donors (Lipinski definition) is 0. The fraction of sp³-hybridized carbons (Fsp3) is 0.294. The number of carbonyl (C=O) groups excluding carboxylic acids is 2. The molecule has 0 radical (unpaired) electrons. The monoisotopic (exact) mass is 597 g/mol. The number of hydrogen-bond acceptors (Lipinski definition) is 7. The molecule has 1 aliphatic heterocycles. The summed E-state index contributed by atoms with van der Waals surface area (Å²) >= 11 is 1.29. The lowest BCUT2D eigenvalue weighted by atomic mass is 9.93. The van der Waals surface area contributed by atoms with Crippen LogP contribution in [0.3, 0.4) is 0 Å². The minimum atomic E-state index is -0.660. The van der Waals surface area contributed by atoms with Gasteiger partial charge < -0.3 is 14.0 Å². The number of methoxy groups -OCH3 is 1. The van der Waals surface area contributed by atoms with Crippen LogP contribution in [-0.2, 0) is 14.3 Å². The summed E-state index contributed by atoms with van der Waals surface area (Å²) in [5.41, 5.74) is 6.65. The van der Waals surface area contributed by atoms with Gasteiger partial charge in [-0.15, -0.1) is 0 Å². The molecule has 0 saturated heterocycles. The smallest absolute Gasteiger partial charge is 0.338 e. The van der Waals surface area contributed by atoms with Crippen molar-refractivity contribution in [1.82, 2.24) is 9.13 Å². The van der Waals surface area contributed by atoms with E-state index in [1.807, 2.05) is 67.0 Å². The minimum Gasteiger partial charge on any atom is -0.465 e. The Hall–Kier alpha value is -4.50. The maximum absolute atomic E-state index is 14.1. The summed E-state index contributed by atoms with van der Waals surface area (Å²) in [6, 6.07) is 16.6. The number of benzene rings is 2. The van der Waals surface area contributed by atoms with Gasteiger partial charge in [0.25, 0.3) is 5.56 Å². The fourth-order valence-corrected chi connectivity index (χ4v) is 6.57. The van der Waals surface area contributed by atoms with Crippen LogP contribution in [0.4, 0.5) is 0 Å². The summed E-state index contributed by atoms with van der Waals surface area (Å²) in [5, 5.41) is 0. The van der Waals surface area contributed by atoms with Gasteiger partial charge in [-0.2, -0.15) is 0 Å². The Bertz CT molecular complexity index is 1940. The van der Waals surface area contributed by atoms with Crippen molar-refractivity contribution < 1.29 is 19.1 Å². The number of esters is 2. The lowest BCUT2D eigenvalue weighted by Gasteiger charge is -2.25. The van der Waals surface area contributed by atoms with Crippen molar-refractivity contribution in [2.75, 3.05) is 13.7 Å². The van der Waals surface area contributed by atoms with Crippen molar-refractivity contribution in [2.45, 2.75) is 53.5 Å². The molecular formula is C34H35N3O5S. The number of ether oxygens (including phenoxy) is 2.